The molecule has 5 aromatic rings. The van der Waals surface area contributed by atoms with Crippen molar-refractivity contribution in [1.29, 1.82) is 0 Å². The molecule has 2 aromatic heterocycles. The number of aromatic nitrogens is 2. The van der Waals surface area contributed by atoms with Gasteiger partial charge in [-0.2, -0.15) is 4.40 Å². The van der Waals surface area contributed by atoms with Crippen LogP contribution in [0, 0.1) is 0 Å². The third kappa shape index (κ3) is 1.82. The van der Waals surface area contributed by atoms with Crippen LogP contribution in [0.25, 0.3) is 38.7 Å². The predicted molar refractivity (Wildman–Crippen MR) is 96.1 cm³/mol. The molecule has 0 saturated carbocycles. The van der Waals surface area contributed by atoms with Crippen LogP contribution in [0.5, 0.6) is 5.75 Å². The van der Waals surface area contributed by atoms with E-state index in [1.165, 1.54) is 0 Å². The van der Waals surface area contributed by atoms with Crippen LogP contribution in [-0.2, 0) is 0 Å². The van der Waals surface area contributed by atoms with Gasteiger partial charge in [-0.3, -0.25) is 0 Å². The Morgan fingerprint density at radius 3 is 2.46 bits per heavy atom. The van der Waals surface area contributed by atoms with Gasteiger partial charge in [0.05, 0.1) is 5.39 Å². The highest BCUT2D eigenvalue weighted by atomic mass is 16.3. The molecule has 0 bridgehead atoms. The Balaban J connectivity index is 2.05. The van der Waals surface area contributed by atoms with Crippen molar-refractivity contribution in [3.63, 3.8) is 0 Å². The van der Waals surface area contributed by atoms with E-state index in [9.17, 15) is 5.11 Å². The summed E-state index contributed by atoms with van der Waals surface area (Å²) in [6, 6.07) is 26.3. The van der Waals surface area contributed by atoms with Gasteiger partial charge in [-0.1, -0.05) is 48.5 Å². The summed E-state index contributed by atoms with van der Waals surface area (Å²) >= 11 is 0. The highest BCUT2D eigenvalue weighted by Gasteiger charge is 2.20. The first kappa shape index (κ1) is 13.1. The number of para-hydroxylation sites is 2. The summed E-state index contributed by atoms with van der Waals surface area (Å²) in [4.78, 5) is 3.51. The molecule has 0 aliphatic carbocycles. The molecule has 0 aliphatic heterocycles. The maximum absolute atomic E-state index is 9.93. The number of imidazole rings is 1. The average Bonchev–Trinajstić information content (AvgIpc) is 3.02. The van der Waals surface area contributed by atoms with E-state index < -0.39 is 0 Å². The number of hydrogen-bond donors (Lipinski definition) is 2. The minimum atomic E-state index is 0.274. The molecule has 3 heteroatoms. The first-order valence-corrected chi connectivity index (χ1v) is 7.95. The monoisotopic (exact) mass is 311 g/mol. The van der Waals surface area contributed by atoms with Gasteiger partial charge in [-0.15, -0.1) is 0 Å². The number of aromatic amines is 1. The van der Waals surface area contributed by atoms with E-state index in [0.717, 1.165) is 38.7 Å². The molecule has 114 valence electrons. The fraction of sp³-hybridized carbons (Fsp3) is 0. The van der Waals surface area contributed by atoms with Crippen molar-refractivity contribution in [3.8, 4) is 17.0 Å². The zero-order chi connectivity index (χ0) is 16.1. The van der Waals surface area contributed by atoms with Gasteiger partial charge in [0.25, 0.3) is 5.65 Å². The second kappa shape index (κ2) is 4.83. The summed E-state index contributed by atoms with van der Waals surface area (Å²) in [5.74, 6) is 0.274. The molecule has 0 saturated heterocycles. The summed E-state index contributed by atoms with van der Waals surface area (Å²) in [5.41, 5.74) is 5.47. The van der Waals surface area contributed by atoms with Gasteiger partial charge in [0.2, 0.25) is 0 Å². The molecule has 24 heavy (non-hydrogen) atoms. The largest absolute Gasteiger partial charge is 0.508 e. The topological polar surface area (TPSA) is 40.1 Å². The number of fused-ring (bicyclic) bond motifs is 5. The van der Waals surface area contributed by atoms with Crippen LogP contribution in [0.15, 0.2) is 78.9 Å². The Hall–Kier alpha value is -3.33. The Kier molecular flexibility index (Phi) is 2.65. The standard InChI is InChI=1S/C21H14N2O/c24-16-11-10-15-12-20(14-6-2-1-3-7-14)23-19-9-5-4-8-18(19)22-21(23)17(15)13-16/h1-13,24H/p+1. The summed E-state index contributed by atoms with van der Waals surface area (Å²) in [6.07, 6.45) is 0. The molecule has 5 rings (SSSR count). The Labute approximate surface area is 138 Å². The lowest BCUT2D eigenvalue weighted by molar-refractivity contribution is -0.467. The minimum Gasteiger partial charge on any atom is -0.508 e. The van der Waals surface area contributed by atoms with Gasteiger partial charge in [-0.05, 0) is 35.7 Å². The molecule has 0 spiro atoms. The smallest absolute Gasteiger partial charge is 0.293 e. The number of rotatable bonds is 1. The summed E-state index contributed by atoms with van der Waals surface area (Å²) in [6.45, 7) is 0. The lowest BCUT2D eigenvalue weighted by Crippen LogP contribution is -2.23. The summed E-state index contributed by atoms with van der Waals surface area (Å²) in [7, 11) is 0. The van der Waals surface area contributed by atoms with Crippen molar-refractivity contribution in [2.75, 3.05) is 0 Å². The number of nitrogens with zero attached hydrogens (tertiary/aromatic N) is 1. The Bertz CT molecular complexity index is 1210. The second-order valence-electron chi connectivity index (χ2n) is 5.99. The SMILES string of the molecule is Oc1ccc2cc(-c3ccccc3)[n+]3c4ccccc4[nH]c3c2c1. The average molecular weight is 311 g/mol. The lowest BCUT2D eigenvalue weighted by Gasteiger charge is -2.05. The third-order valence-corrected chi connectivity index (χ3v) is 4.52. The van der Waals surface area contributed by atoms with E-state index in [4.69, 9.17) is 0 Å². The number of aromatic hydroxyl groups is 1. The van der Waals surface area contributed by atoms with Gasteiger partial charge in [0.1, 0.15) is 11.4 Å². The van der Waals surface area contributed by atoms with Crippen LogP contribution in [0.4, 0.5) is 0 Å². The van der Waals surface area contributed by atoms with Crippen molar-refractivity contribution < 1.29 is 9.51 Å². The minimum absolute atomic E-state index is 0.274. The van der Waals surface area contributed by atoms with Crippen LogP contribution in [0.2, 0.25) is 0 Å². The fourth-order valence-corrected chi connectivity index (χ4v) is 3.42. The molecular formula is C21H15N2O+. The molecule has 0 atom stereocenters. The first-order valence-electron chi connectivity index (χ1n) is 7.95. The molecule has 0 radical (unpaired) electrons. The number of nitrogens with one attached hydrogen (secondary N) is 1. The molecule has 2 N–H and O–H groups in total. The van der Waals surface area contributed by atoms with Crippen LogP contribution in [0.1, 0.15) is 0 Å². The summed E-state index contributed by atoms with van der Waals surface area (Å²) in [5, 5.41) is 12.0. The van der Waals surface area contributed by atoms with Crippen molar-refractivity contribution in [1.82, 2.24) is 4.98 Å². The number of benzene rings is 3. The van der Waals surface area contributed by atoms with Crippen LogP contribution >= 0.6 is 0 Å². The van der Waals surface area contributed by atoms with Gasteiger partial charge < -0.3 is 5.11 Å². The Morgan fingerprint density at radius 2 is 1.58 bits per heavy atom. The van der Waals surface area contributed by atoms with Crippen molar-refractivity contribution >= 4 is 27.5 Å². The highest BCUT2D eigenvalue weighted by Crippen LogP contribution is 2.28. The molecule has 2 heterocycles. The van der Waals surface area contributed by atoms with Crippen molar-refractivity contribution in [3.05, 3.63) is 78.9 Å². The van der Waals surface area contributed by atoms with E-state index >= 15 is 0 Å². The van der Waals surface area contributed by atoms with Crippen LogP contribution in [0.3, 0.4) is 0 Å². The molecule has 0 unspecified atom stereocenters. The van der Waals surface area contributed by atoms with Crippen molar-refractivity contribution in [2.45, 2.75) is 0 Å². The Morgan fingerprint density at radius 1 is 0.792 bits per heavy atom. The number of H-pyrrole nitrogens is 1. The maximum Gasteiger partial charge on any atom is 0.293 e. The number of hydrogen-bond acceptors (Lipinski definition) is 1. The third-order valence-electron chi connectivity index (χ3n) is 4.52. The number of phenolic OH excluding ortho intramolecular Hbond substituents is 1. The molecule has 3 nitrogen and oxygen atoms in total. The zero-order valence-electron chi connectivity index (χ0n) is 12.9. The fourth-order valence-electron chi connectivity index (χ4n) is 3.42. The van der Waals surface area contributed by atoms with Gasteiger partial charge in [0.15, 0.2) is 11.0 Å². The predicted octanol–water partition coefficient (Wildman–Crippen LogP) is 4.43. The first-order chi connectivity index (χ1) is 11.8. The highest BCUT2D eigenvalue weighted by molar-refractivity contribution is 5.97. The quantitative estimate of drug-likeness (QED) is 0.442. The van der Waals surface area contributed by atoms with Crippen LogP contribution in [-0.4, -0.2) is 10.1 Å². The van der Waals surface area contributed by atoms with E-state index in [-0.39, 0.29) is 5.75 Å². The van der Waals surface area contributed by atoms with E-state index in [0.29, 0.717) is 0 Å². The van der Waals surface area contributed by atoms with E-state index in [2.05, 4.69) is 51.8 Å². The number of pyridine rings is 1. The molecule has 3 aromatic carbocycles. The second-order valence-corrected chi connectivity index (χ2v) is 5.99. The molecular weight excluding hydrogens is 296 g/mol. The van der Waals surface area contributed by atoms with Crippen molar-refractivity contribution in [2.24, 2.45) is 0 Å². The molecule has 0 aliphatic rings. The zero-order valence-corrected chi connectivity index (χ0v) is 12.9. The number of phenols is 1. The van der Waals surface area contributed by atoms with Gasteiger partial charge in [-0.25, -0.2) is 4.98 Å². The molecule has 0 amide bonds. The van der Waals surface area contributed by atoms with E-state index in [1.807, 2.05) is 30.3 Å². The van der Waals surface area contributed by atoms with Crippen LogP contribution < -0.4 is 4.40 Å². The lowest BCUT2D eigenvalue weighted by atomic mass is 10.1. The van der Waals surface area contributed by atoms with E-state index in [1.54, 1.807) is 6.07 Å². The van der Waals surface area contributed by atoms with Gasteiger partial charge in [0, 0.05) is 5.56 Å². The summed E-state index contributed by atoms with van der Waals surface area (Å²) < 4.78 is 2.23. The maximum atomic E-state index is 9.93. The van der Waals surface area contributed by atoms with Gasteiger partial charge >= 0.3 is 0 Å². The normalized spacial score (nSPS) is 11.5. The molecule has 0 fully saturated rings.